The van der Waals surface area contributed by atoms with Crippen LogP contribution in [0, 0.1) is 5.41 Å². The zero-order chi connectivity index (χ0) is 13.4. The van der Waals surface area contributed by atoms with E-state index in [4.69, 9.17) is 23.2 Å². The molecule has 0 N–H and O–H groups in total. The lowest BCUT2D eigenvalue weighted by Gasteiger charge is -2.29. The molecule has 0 unspecified atom stereocenters. The Labute approximate surface area is 111 Å². The Bertz CT molecular complexity index is 194. The summed E-state index contributed by atoms with van der Waals surface area (Å²) in [6.07, 6.45) is -1.15. The Morgan fingerprint density at radius 2 is 1.65 bits per heavy atom. The first-order valence-corrected chi connectivity index (χ1v) is 6.72. The van der Waals surface area contributed by atoms with Crippen molar-refractivity contribution < 1.29 is 17.9 Å². The minimum Gasteiger partial charge on any atom is -0.372 e. The molecule has 0 atom stereocenters. The van der Waals surface area contributed by atoms with E-state index < -0.39 is 12.8 Å². The molecule has 0 amide bonds. The Hall–Kier alpha value is 0.330. The zero-order valence-electron chi connectivity index (χ0n) is 9.95. The van der Waals surface area contributed by atoms with Gasteiger partial charge >= 0.3 is 6.18 Å². The second-order valence-corrected chi connectivity index (χ2v) is 4.82. The van der Waals surface area contributed by atoms with Gasteiger partial charge in [-0.05, 0) is 24.7 Å². The van der Waals surface area contributed by atoms with Gasteiger partial charge in [0.1, 0.15) is 6.61 Å². The Kier molecular flexibility index (Phi) is 8.60. The minimum absolute atomic E-state index is 0.0960. The Balaban J connectivity index is 3.83. The third-order valence-electron chi connectivity index (χ3n) is 2.61. The summed E-state index contributed by atoms with van der Waals surface area (Å²) in [7, 11) is 0. The molecule has 0 bridgehead atoms. The summed E-state index contributed by atoms with van der Waals surface area (Å²) < 4.78 is 40.0. The van der Waals surface area contributed by atoms with Gasteiger partial charge in [0.2, 0.25) is 0 Å². The normalized spacial score (nSPS) is 13.1. The van der Waals surface area contributed by atoms with Crippen LogP contribution < -0.4 is 0 Å². The Morgan fingerprint density at radius 3 is 2.06 bits per heavy atom. The van der Waals surface area contributed by atoms with E-state index in [0.29, 0.717) is 24.6 Å². The zero-order valence-corrected chi connectivity index (χ0v) is 11.5. The highest BCUT2D eigenvalue weighted by atomic mass is 35.5. The fourth-order valence-electron chi connectivity index (χ4n) is 1.70. The molecule has 17 heavy (non-hydrogen) atoms. The lowest BCUT2D eigenvalue weighted by Crippen LogP contribution is -2.26. The largest absolute Gasteiger partial charge is 0.411 e. The monoisotopic (exact) mass is 294 g/mol. The molecule has 6 heteroatoms. The van der Waals surface area contributed by atoms with Crippen LogP contribution in [0.4, 0.5) is 13.2 Å². The maximum Gasteiger partial charge on any atom is 0.411 e. The fraction of sp³-hybridized carbons (Fsp3) is 1.00. The number of hydrogen-bond acceptors (Lipinski definition) is 1. The lowest BCUT2D eigenvalue weighted by atomic mass is 9.83. The molecule has 0 saturated heterocycles. The molecular formula is C11H19Cl2F3O. The average molecular weight is 295 g/mol. The van der Waals surface area contributed by atoms with Gasteiger partial charge in [0.15, 0.2) is 0 Å². The molecule has 0 heterocycles. The van der Waals surface area contributed by atoms with Crippen molar-refractivity contribution in [3.05, 3.63) is 0 Å². The van der Waals surface area contributed by atoms with Crippen molar-refractivity contribution in [2.75, 3.05) is 25.0 Å². The van der Waals surface area contributed by atoms with Gasteiger partial charge in [-0.3, -0.25) is 0 Å². The maximum absolute atomic E-state index is 11.8. The van der Waals surface area contributed by atoms with E-state index in [2.05, 4.69) is 4.74 Å². The van der Waals surface area contributed by atoms with Crippen LogP contribution in [0.3, 0.4) is 0 Å². The van der Waals surface area contributed by atoms with Crippen molar-refractivity contribution in [1.82, 2.24) is 0 Å². The molecule has 0 rings (SSSR count). The van der Waals surface area contributed by atoms with Gasteiger partial charge in [-0.2, -0.15) is 13.2 Å². The van der Waals surface area contributed by atoms with Crippen LogP contribution in [0.25, 0.3) is 0 Å². The van der Waals surface area contributed by atoms with Crippen LogP contribution in [-0.4, -0.2) is 31.2 Å². The molecule has 0 spiro atoms. The van der Waals surface area contributed by atoms with Crippen molar-refractivity contribution >= 4 is 23.2 Å². The summed E-state index contributed by atoms with van der Waals surface area (Å²) >= 11 is 11.8. The second kappa shape index (κ2) is 8.44. The molecule has 0 fully saturated rings. The van der Waals surface area contributed by atoms with E-state index >= 15 is 0 Å². The van der Waals surface area contributed by atoms with Gasteiger partial charge in [-0.1, -0.05) is 13.3 Å². The van der Waals surface area contributed by atoms with Crippen LogP contribution in [-0.2, 0) is 4.74 Å². The molecule has 0 aromatic carbocycles. The predicted octanol–water partition coefficient (Wildman–Crippen LogP) is 4.61. The van der Waals surface area contributed by atoms with Crippen LogP contribution in [0.2, 0.25) is 0 Å². The summed E-state index contributed by atoms with van der Waals surface area (Å²) in [5.74, 6) is 0.868. The highest BCUT2D eigenvalue weighted by Gasteiger charge is 2.29. The van der Waals surface area contributed by atoms with Gasteiger partial charge < -0.3 is 4.74 Å². The van der Waals surface area contributed by atoms with E-state index in [1.807, 2.05) is 6.92 Å². The summed E-state index contributed by atoms with van der Waals surface area (Å²) in [5.41, 5.74) is -0.167. The number of ether oxygens (including phenoxy) is 1. The molecule has 0 aliphatic rings. The van der Waals surface area contributed by atoms with E-state index in [1.54, 1.807) is 0 Å². The summed E-state index contributed by atoms with van der Waals surface area (Å²) in [5, 5.41) is 0. The highest BCUT2D eigenvalue weighted by Crippen LogP contribution is 2.32. The molecule has 0 aromatic heterocycles. The number of halogens is 5. The maximum atomic E-state index is 11.8. The topological polar surface area (TPSA) is 9.23 Å². The smallest absolute Gasteiger partial charge is 0.372 e. The van der Waals surface area contributed by atoms with Gasteiger partial charge in [0.05, 0.1) is 0 Å². The first-order valence-electron chi connectivity index (χ1n) is 5.65. The van der Waals surface area contributed by atoms with Gasteiger partial charge in [-0.15, -0.1) is 23.2 Å². The molecular weight excluding hydrogens is 276 g/mol. The van der Waals surface area contributed by atoms with Crippen LogP contribution in [0.5, 0.6) is 0 Å². The minimum atomic E-state index is -4.25. The average Bonchev–Trinajstić information content (AvgIpc) is 2.26. The van der Waals surface area contributed by atoms with Crippen molar-refractivity contribution in [2.24, 2.45) is 5.41 Å². The van der Waals surface area contributed by atoms with Crippen molar-refractivity contribution in [3.63, 3.8) is 0 Å². The standard InChI is InChI=1S/C11H19Cl2F3O/c1-2-4-10(7-12,8-13)5-3-6-17-9-11(14,15)16/h2-9H2,1H3. The van der Waals surface area contributed by atoms with E-state index in [1.165, 1.54) is 0 Å². The van der Waals surface area contributed by atoms with Gasteiger partial charge in [0, 0.05) is 18.4 Å². The van der Waals surface area contributed by atoms with E-state index in [-0.39, 0.29) is 12.0 Å². The SMILES string of the molecule is CCCC(CCl)(CCl)CCCOCC(F)(F)F. The molecule has 0 radical (unpaired) electrons. The van der Waals surface area contributed by atoms with Gasteiger partial charge in [-0.25, -0.2) is 0 Å². The first kappa shape index (κ1) is 17.3. The summed E-state index contributed by atoms with van der Waals surface area (Å²) in [6, 6.07) is 0. The number of rotatable bonds is 9. The van der Waals surface area contributed by atoms with Crippen LogP contribution in [0.15, 0.2) is 0 Å². The molecule has 0 saturated carbocycles. The van der Waals surface area contributed by atoms with Crippen LogP contribution in [0.1, 0.15) is 32.6 Å². The van der Waals surface area contributed by atoms with E-state index in [9.17, 15) is 13.2 Å². The molecule has 104 valence electrons. The molecule has 1 nitrogen and oxygen atoms in total. The molecule has 0 aromatic rings. The third-order valence-corrected chi connectivity index (χ3v) is 3.74. The molecule has 0 aliphatic carbocycles. The summed E-state index contributed by atoms with van der Waals surface area (Å²) in [4.78, 5) is 0. The fourth-order valence-corrected chi connectivity index (χ4v) is 2.52. The van der Waals surface area contributed by atoms with E-state index in [0.717, 1.165) is 12.8 Å². The summed E-state index contributed by atoms with van der Waals surface area (Å²) in [6.45, 7) is 0.947. The highest BCUT2D eigenvalue weighted by molar-refractivity contribution is 6.21. The van der Waals surface area contributed by atoms with Gasteiger partial charge in [0.25, 0.3) is 0 Å². The predicted molar refractivity (Wildman–Crippen MR) is 64.9 cm³/mol. The van der Waals surface area contributed by atoms with Crippen molar-refractivity contribution in [1.29, 1.82) is 0 Å². The van der Waals surface area contributed by atoms with Crippen molar-refractivity contribution in [2.45, 2.75) is 38.8 Å². The Morgan fingerprint density at radius 1 is 1.06 bits per heavy atom. The molecule has 0 aliphatic heterocycles. The van der Waals surface area contributed by atoms with Crippen LogP contribution >= 0.6 is 23.2 Å². The second-order valence-electron chi connectivity index (χ2n) is 4.29. The van der Waals surface area contributed by atoms with Crippen molar-refractivity contribution in [3.8, 4) is 0 Å². The third kappa shape index (κ3) is 8.11. The number of hydrogen-bond donors (Lipinski definition) is 0. The number of alkyl halides is 5. The quantitative estimate of drug-likeness (QED) is 0.446. The lowest BCUT2D eigenvalue weighted by molar-refractivity contribution is -0.174. The first-order chi connectivity index (χ1) is 7.89.